The van der Waals surface area contributed by atoms with Crippen molar-refractivity contribution < 1.29 is 9.59 Å². The first-order valence-corrected chi connectivity index (χ1v) is 9.65. The molecule has 0 spiro atoms. The number of pyridine rings is 1. The normalized spacial score (nSPS) is 14.1. The Morgan fingerprint density at radius 2 is 2.04 bits per heavy atom. The zero-order valence-electron chi connectivity index (χ0n) is 14.9. The van der Waals surface area contributed by atoms with Gasteiger partial charge in [0.1, 0.15) is 5.82 Å². The lowest BCUT2D eigenvalue weighted by molar-refractivity contribution is -0.117. The van der Waals surface area contributed by atoms with Crippen molar-refractivity contribution in [2.45, 2.75) is 25.9 Å². The quantitative estimate of drug-likeness (QED) is 0.726. The van der Waals surface area contributed by atoms with E-state index in [1.54, 1.807) is 22.3 Å². The van der Waals surface area contributed by atoms with Crippen LogP contribution in [0, 0.1) is 6.92 Å². The largest absolute Gasteiger partial charge is 0.326 e. The van der Waals surface area contributed by atoms with E-state index < -0.39 is 0 Å². The van der Waals surface area contributed by atoms with Gasteiger partial charge in [-0.25, -0.2) is 4.98 Å². The molecule has 1 aromatic carbocycles. The van der Waals surface area contributed by atoms with Crippen molar-refractivity contribution in [1.29, 1.82) is 0 Å². The van der Waals surface area contributed by atoms with Crippen molar-refractivity contribution >= 4 is 29.0 Å². The second kappa shape index (κ2) is 7.32. The maximum Gasteiger partial charge on any atom is 0.255 e. The minimum absolute atomic E-state index is 0.0227. The van der Waals surface area contributed by atoms with Gasteiger partial charge in [0.2, 0.25) is 5.91 Å². The number of hydrogen-bond donors (Lipinski definition) is 1. The summed E-state index contributed by atoms with van der Waals surface area (Å²) >= 11 is 1.56. The summed E-state index contributed by atoms with van der Waals surface area (Å²) in [6.45, 7) is 2.40. The van der Waals surface area contributed by atoms with Crippen LogP contribution >= 0.6 is 11.3 Å². The Labute approximate surface area is 161 Å². The number of hydrogen-bond acceptors (Lipinski definition) is 4. The second-order valence-electron chi connectivity index (χ2n) is 6.54. The maximum atomic E-state index is 12.9. The highest BCUT2D eigenvalue weighted by Crippen LogP contribution is 2.35. The first-order valence-electron chi connectivity index (χ1n) is 8.77. The molecule has 1 N–H and O–H groups in total. The lowest BCUT2D eigenvalue weighted by atomic mass is 10.1. The van der Waals surface area contributed by atoms with Crippen LogP contribution in [-0.2, 0) is 11.3 Å². The van der Waals surface area contributed by atoms with Crippen LogP contribution in [0.5, 0.6) is 0 Å². The van der Waals surface area contributed by atoms with Gasteiger partial charge in [-0.3, -0.25) is 9.59 Å². The second-order valence-corrected chi connectivity index (χ2v) is 7.52. The summed E-state index contributed by atoms with van der Waals surface area (Å²) < 4.78 is 0. The number of amides is 2. The summed E-state index contributed by atoms with van der Waals surface area (Å²) in [6.07, 6.45) is 0.190. The summed E-state index contributed by atoms with van der Waals surface area (Å²) in [5.41, 5.74) is 2.57. The summed E-state index contributed by atoms with van der Waals surface area (Å²) in [7, 11) is 0. The lowest BCUT2D eigenvalue weighted by Gasteiger charge is -2.26. The number of anilines is 1. The Kier molecular flexibility index (Phi) is 4.73. The minimum Gasteiger partial charge on any atom is -0.326 e. The molecule has 1 aliphatic heterocycles. The third-order valence-electron chi connectivity index (χ3n) is 4.63. The third kappa shape index (κ3) is 3.61. The van der Waals surface area contributed by atoms with E-state index in [1.807, 2.05) is 60.8 Å². The maximum absolute atomic E-state index is 12.9. The highest BCUT2D eigenvalue weighted by molar-refractivity contribution is 7.10. The first-order chi connectivity index (χ1) is 13.1. The Balaban J connectivity index is 1.56. The zero-order chi connectivity index (χ0) is 18.8. The molecule has 2 amide bonds. The Bertz CT molecular complexity index is 985. The van der Waals surface area contributed by atoms with E-state index in [0.29, 0.717) is 12.4 Å². The molecule has 2 aromatic heterocycles. The van der Waals surface area contributed by atoms with Gasteiger partial charge in [0, 0.05) is 22.7 Å². The van der Waals surface area contributed by atoms with E-state index in [9.17, 15) is 9.59 Å². The standard InChI is InChI=1S/C21H19N3O2S/c1-14-6-4-10-19(22-14)23-20(25)12-17(18-9-5-11-27-18)24-13-15-7-2-3-8-16(15)21(24)26/h2-11,17H,12-13H2,1H3,(H,22,23,25)/t17-/m0/s1. The van der Waals surface area contributed by atoms with Crippen LogP contribution < -0.4 is 5.32 Å². The Hall–Kier alpha value is -2.99. The van der Waals surface area contributed by atoms with Gasteiger partial charge < -0.3 is 10.2 Å². The number of carbonyl (C=O) groups is 2. The van der Waals surface area contributed by atoms with Gasteiger partial charge in [-0.2, -0.15) is 0 Å². The minimum atomic E-state index is -0.297. The summed E-state index contributed by atoms with van der Waals surface area (Å²) in [5.74, 6) is 0.349. The highest BCUT2D eigenvalue weighted by Gasteiger charge is 2.34. The van der Waals surface area contributed by atoms with Crippen molar-refractivity contribution in [3.05, 3.63) is 81.7 Å². The van der Waals surface area contributed by atoms with Gasteiger partial charge >= 0.3 is 0 Å². The highest BCUT2D eigenvalue weighted by atomic mass is 32.1. The van der Waals surface area contributed by atoms with Gasteiger partial charge in [-0.15, -0.1) is 11.3 Å². The number of nitrogens with zero attached hydrogens (tertiary/aromatic N) is 2. The molecule has 3 heterocycles. The van der Waals surface area contributed by atoms with E-state index >= 15 is 0 Å². The zero-order valence-corrected chi connectivity index (χ0v) is 15.7. The smallest absolute Gasteiger partial charge is 0.255 e. The predicted molar refractivity (Wildman–Crippen MR) is 106 cm³/mol. The molecule has 136 valence electrons. The molecule has 0 saturated heterocycles. The first kappa shape index (κ1) is 17.4. The number of nitrogens with one attached hydrogen (secondary N) is 1. The number of carbonyl (C=O) groups excluding carboxylic acids is 2. The average molecular weight is 377 g/mol. The van der Waals surface area contributed by atoms with Crippen LogP contribution in [0.3, 0.4) is 0 Å². The summed E-state index contributed by atoms with van der Waals surface area (Å²) in [5, 5.41) is 4.82. The number of aryl methyl sites for hydroxylation is 1. The Morgan fingerprint density at radius 1 is 1.19 bits per heavy atom. The molecule has 0 fully saturated rings. The van der Waals surface area contributed by atoms with Crippen LogP contribution in [0.15, 0.2) is 60.0 Å². The van der Waals surface area contributed by atoms with Gasteiger partial charge in [0.05, 0.1) is 12.5 Å². The Morgan fingerprint density at radius 3 is 2.78 bits per heavy atom. The fraction of sp³-hybridized carbons (Fsp3) is 0.190. The van der Waals surface area contributed by atoms with Crippen molar-refractivity contribution in [3.63, 3.8) is 0 Å². The molecule has 3 aromatic rings. The van der Waals surface area contributed by atoms with Crippen molar-refractivity contribution in [2.75, 3.05) is 5.32 Å². The molecule has 0 aliphatic carbocycles. The molecule has 0 radical (unpaired) electrons. The van der Waals surface area contributed by atoms with Gasteiger partial charge in [-0.1, -0.05) is 30.3 Å². The van der Waals surface area contributed by atoms with Crippen LogP contribution in [0.4, 0.5) is 5.82 Å². The monoisotopic (exact) mass is 377 g/mol. The summed E-state index contributed by atoms with van der Waals surface area (Å²) in [4.78, 5) is 32.7. The molecule has 0 bridgehead atoms. The van der Waals surface area contributed by atoms with Crippen LogP contribution in [0.25, 0.3) is 0 Å². The molecular formula is C21H19N3O2S. The van der Waals surface area contributed by atoms with E-state index in [1.165, 1.54) is 0 Å². The topological polar surface area (TPSA) is 62.3 Å². The van der Waals surface area contributed by atoms with Crippen molar-refractivity contribution in [3.8, 4) is 0 Å². The number of aromatic nitrogens is 1. The van der Waals surface area contributed by atoms with E-state index in [4.69, 9.17) is 0 Å². The van der Waals surface area contributed by atoms with Crippen molar-refractivity contribution in [2.24, 2.45) is 0 Å². The van der Waals surface area contributed by atoms with Crippen LogP contribution in [0.2, 0.25) is 0 Å². The fourth-order valence-electron chi connectivity index (χ4n) is 3.36. The molecule has 6 heteroatoms. The molecule has 27 heavy (non-hydrogen) atoms. The molecule has 0 saturated carbocycles. The number of benzene rings is 1. The van der Waals surface area contributed by atoms with E-state index in [0.717, 1.165) is 21.7 Å². The molecular weight excluding hydrogens is 358 g/mol. The number of thiophene rings is 1. The summed E-state index contributed by atoms with van der Waals surface area (Å²) in [6, 6.07) is 16.7. The molecule has 1 atom stereocenters. The number of rotatable bonds is 5. The SMILES string of the molecule is Cc1cccc(NC(=O)C[C@@H](c2cccs2)N2Cc3ccccc3C2=O)n1. The van der Waals surface area contributed by atoms with Crippen LogP contribution in [0.1, 0.15) is 39.0 Å². The fourth-order valence-corrected chi connectivity index (χ4v) is 4.20. The van der Waals surface area contributed by atoms with E-state index in [-0.39, 0.29) is 24.3 Å². The van der Waals surface area contributed by atoms with E-state index in [2.05, 4.69) is 10.3 Å². The molecule has 4 rings (SSSR count). The molecule has 0 unspecified atom stereocenters. The average Bonchev–Trinajstić information content (AvgIpc) is 3.29. The van der Waals surface area contributed by atoms with Gasteiger partial charge in [0.15, 0.2) is 0 Å². The predicted octanol–water partition coefficient (Wildman–Crippen LogP) is 4.18. The lowest BCUT2D eigenvalue weighted by Crippen LogP contribution is -2.31. The van der Waals surface area contributed by atoms with Crippen LogP contribution in [-0.4, -0.2) is 21.7 Å². The number of fused-ring (bicyclic) bond motifs is 1. The molecule has 5 nitrogen and oxygen atoms in total. The van der Waals surface area contributed by atoms with Gasteiger partial charge in [0.25, 0.3) is 5.91 Å². The molecule has 1 aliphatic rings. The van der Waals surface area contributed by atoms with Gasteiger partial charge in [-0.05, 0) is 42.1 Å². The third-order valence-corrected chi connectivity index (χ3v) is 5.61. The van der Waals surface area contributed by atoms with Crippen molar-refractivity contribution in [1.82, 2.24) is 9.88 Å².